The van der Waals surface area contributed by atoms with Crippen LogP contribution in [0.5, 0.6) is 0 Å². The Morgan fingerprint density at radius 1 is 0.912 bits per heavy atom. The van der Waals surface area contributed by atoms with Crippen LogP contribution in [0.1, 0.15) is 59.8 Å². The summed E-state index contributed by atoms with van der Waals surface area (Å²) in [6.45, 7) is 10.7. The Morgan fingerprint density at radius 3 is 2.03 bits per heavy atom. The van der Waals surface area contributed by atoms with Gasteiger partial charge >= 0.3 is 12.1 Å². The molecule has 2 amide bonds. The van der Waals surface area contributed by atoms with Crippen LogP contribution in [0.15, 0.2) is 0 Å². The first-order valence-electron chi connectivity index (χ1n) is 12.5. The van der Waals surface area contributed by atoms with Crippen molar-refractivity contribution in [1.82, 2.24) is 10.6 Å². The second-order valence-corrected chi connectivity index (χ2v) is 8.62. The summed E-state index contributed by atoms with van der Waals surface area (Å²) in [7, 11) is 0. The van der Waals surface area contributed by atoms with Crippen LogP contribution in [0.4, 0.5) is 4.79 Å². The van der Waals surface area contributed by atoms with Crippen molar-refractivity contribution in [1.29, 1.82) is 0 Å². The Hall–Kier alpha value is -1.91. The quantitative estimate of drug-likeness (QED) is 0.251. The van der Waals surface area contributed by atoms with Gasteiger partial charge in [-0.2, -0.15) is 0 Å². The van der Waals surface area contributed by atoms with E-state index >= 15 is 0 Å². The third-order valence-corrected chi connectivity index (χ3v) is 6.19. The second kappa shape index (κ2) is 17.5. The number of aliphatic carboxylic acids is 1. The zero-order valence-electron chi connectivity index (χ0n) is 21.2. The normalized spacial score (nSPS) is 20.8. The minimum atomic E-state index is -0.991. The van der Waals surface area contributed by atoms with Crippen LogP contribution in [0.25, 0.3) is 0 Å². The first-order chi connectivity index (χ1) is 16.3. The van der Waals surface area contributed by atoms with Gasteiger partial charge in [0, 0.05) is 32.0 Å². The van der Waals surface area contributed by atoms with Gasteiger partial charge in [0.05, 0.1) is 39.0 Å². The van der Waals surface area contributed by atoms with E-state index in [0.717, 1.165) is 25.9 Å². The fourth-order valence-corrected chi connectivity index (χ4v) is 4.50. The maximum Gasteiger partial charge on any atom is 0.407 e. The summed E-state index contributed by atoms with van der Waals surface area (Å²) in [4.78, 5) is 36.1. The number of carbonyl (C=O) groups excluding carboxylic acids is 2. The lowest BCUT2D eigenvalue weighted by molar-refractivity contribution is -0.145. The summed E-state index contributed by atoms with van der Waals surface area (Å²) in [6.07, 6.45) is 2.14. The van der Waals surface area contributed by atoms with Crippen molar-refractivity contribution >= 4 is 18.0 Å². The predicted octanol–water partition coefficient (Wildman–Crippen LogP) is 2.59. The molecule has 0 aliphatic heterocycles. The highest BCUT2D eigenvalue weighted by atomic mass is 16.6. The Balaban J connectivity index is 2.49. The molecule has 0 heterocycles. The molecule has 1 rings (SSSR count). The molecule has 0 saturated heterocycles. The van der Waals surface area contributed by atoms with E-state index in [1.54, 1.807) is 0 Å². The van der Waals surface area contributed by atoms with Gasteiger partial charge in [-0.05, 0) is 25.2 Å². The molecule has 0 bridgehead atoms. The van der Waals surface area contributed by atoms with Gasteiger partial charge < -0.3 is 34.7 Å². The van der Waals surface area contributed by atoms with Gasteiger partial charge in [-0.15, -0.1) is 0 Å². The molecule has 10 heteroatoms. The maximum atomic E-state index is 12.4. The number of hydrogen-bond donors (Lipinski definition) is 3. The Labute approximate surface area is 203 Å². The van der Waals surface area contributed by atoms with Crippen molar-refractivity contribution in [3.05, 3.63) is 0 Å². The minimum Gasteiger partial charge on any atom is -0.481 e. The van der Waals surface area contributed by atoms with Gasteiger partial charge in [0.2, 0.25) is 5.91 Å². The lowest BCUT2D eigenvalue weighted by Crippen LogP contribution is -2.49. The topological polar surface area (TPSA) is 132 Å². The molecule has 4 atom stereocenters. The van der Waals surface area contributed by atoms with Crippen molar-refractivity contribution in [3.63, 3.8) is 0 Å². The largest absolute Gasteiger partial charge is 0.481 e. The molecule has 3 N–H and O–H groups in total. The van der Waals surface area contributed by atoms with Crippen LogP contribution < -0.4 is 10.6 Å². The van der Waals surface area contributed by atoms with E-state index in [1.807, 2.05) is 20.8 Å². The van der Waals surface area contributed by atoms with Gasteiger partial charge in [0.25, 0.3) is 0 Å². The smallest absolute Gasteiger partial charge is 0.407 e. The first kappa shape index (κ1) is 30.1. The van der Waals surface area contributed by atoms with Crippen molar-refractivity contribution in [2.75, 3.05) is 46.2 Å². The fourth-order valence-electron chi connectivity index (χ4n) is 4.50. The summed E-state index contributed by atoms with van der Waals surface area (Å²) >= 11 is 0. The van der Waals surface area contributed by atoms with Crippen LogP contribution in [-0.2, 0) is 28.5 Å². The number of carbonyl (C=O) groups is 3. The third kappa shape index (κ3) is 11.0. The highest BCUT2D eigenvalue weighted by Gasteiger charge is 2.48. The highest BCUT2D eigenvalue weighted by Crippen LogP contribution is 2.39. The molecule has 34 heavy (non-hydrogen) atoms. The maximum absolute atomic E-state index is 12.4. The molecule has 0 aromatic heterocycles. The Bertz CT molecular complexity index is 600. The van der Waals surface area contributed by atoms with Crippen molar-refractivity contribution < 1.29 is 38.4 Å². The van der Waals surface area contributed by atoms with E-state index in [4.69, 9.17) is 18.9 Å². The molecule has 1 fully saturated rings. The van der Waals surface area contributed by atoms with Gasteiger partial charge in [-0.25, -0.2) is 4.79 Å². The lowest BCUT2D eigenvalue weighted by Gasteiger charge is -2.35. The van der Waals surface area contributed by atoms with Gasteiger partial charge in [0.15, 0.2) is 0 Å². The molecule has 0 aromatic rings. The molecular weight excluding hydrogens is 444 g/mol. The molecule has 1 aliphatic carbocycles. The minimum absolute atomic E-state index is 0.171. The zero-order valence-corrected chi connectivity index (χ0v) is 21.2. The third-order valence-electron chi connectivity index (χ3n) is 6.19. The molecule has 1 aliphatic rings. The molecule has 1 saturated carbocycles. The fraction of sp³-hybridized carbons (Fsp3) is 0.875. The lowest BCUT2D eigenvalue weighted by atomic mass is 9.82. The number of rotatable bonds is 18. The number of carboxylic acids is 1. The number of ether oxygens (including phenoxy) is 4. The first-order valence-corrected chi connectivity index (χ1v) is 12.5. The van der Waals surface area contributed by atoms with Crippen molar-refractivity contribution in [3.8, 4) is 0 Å². The van der Waals surface area contributed by atoms with Crippen LogP contribution in [0, 0.1) is 17.8 Å². The van der Waals surface area contributed by atoms with Crippen LogP contribution in [-0.4, -0.2) is 81.4 Å². The number of hydrogen-bond acceptors (Lipinski definition) is 7. The Morgan fingerprint density at radius 2 is 1.50 bits per heavy atom. The van der Waals surface area contributed by atoms with Crippen LogP contribution in [0.3, 0.4) is 0 Å². The molecule has 0 unspecified atom stereocenters. The van der Waals surface area contributed by atoms with Crippen LogP contribution in [0.2, 0.25) is 0 Å². The van der Waals surface area contributed by atoms with E-state index in [-0.39, 0.29) is 36.9 Å². The van der Waals surface area contributed by atoms with Crippen molar-refractivity contribution in [2.45, 2.75) is 71.9 Å². The van der Waals surface area contributed by atoms with E-state index in [0.29, 0.717) is 39.3 Å². The number of amides is 2. The van der Waals surface area contributed by atoms with E-state index in [9.17, 15) is 19.5 Å². The summed E-state index contributed by atoms with van der Waals surface area (Å²) in [5.74, 6) is -2.04. The highest BCUT2D eigenvalue weighted by molar-refractivity contribution is 5.74. The van der Waals surface area contributed by atoms with Crippen molar-refractivity contribution in [2.24, 2.45) is 17.8 Å². The SMILES string of the molecule is CCCOCCOCCOCCNC(=O)O[C@H]1[C@@H]([C@H](NC(C)=O)C(CC)CC)CC[C@@H]1C(=O)O. The molecule has 198 valence electrons. The van der Waals surface area contributed by atoms with E-state index < -0.39 is 24.1 Å². The standard InChI is InChI=1S/C24H44N2O8/c1-5-11-31-13-15-33-16-14-32-12-10-25-24(30)34-22-19(8-9-20(22)23(28)29)21(26-17(4)27)18(6-2)7-3/h18-22H,5-16H2,1-4H3,(H,25,30)(H,26,27)(H,28,29)/t19-,20+,21-,22+/m1/s1. The molecule has 0 spiro atoms. The van der Waals surface area contributed by atoms with Crippen LogP contribution >= 0.6 is 0 Å². The van der Waals surface area contributed by atoms with E-state index in [2.05, 4.69) is 10.6 Å². The average molecular weight is 489 g/mol. The summed E-state index contributed by atoms with van der Waals surface area (Å²) in [5.41, 5.74) is 0. The summed E-state index contributed by atoms with van der Waals surface area (Å²) in [5, 5.41) is 15.3. The van der Waals surface area contributed by atoms with Gasteiger partial charge in [0.1, 0.15) is 6.10 Å². The van der Waals surface area contributed by atoms with Gasteiger partial charge in [-0.3, -0.25) is 9.59 Å². The molecule has 0 radical (unpaired) electrons. The van der Waals surface area contributed by atoms with E-state index in [1.165, 1.54) is 6.92 Å². The number of nitrogens with one attached hydrogen (secondary N) is 2. The predicted molar refractivity (Wildman–Crippen MR) is 127 cm³/mol. The molecular formula is C24H44N2O8. The molecule has 0 aromatic carbocycles. The Kier molecular flexibility index (Phi) is 15.5. The monoisotopic (exact) mass is 488 g/mol. The molecule has 10 nitrogen and oxygen atoms in total. The average Bonchev–Trinajstić information content (AvgIpc) is 3.20. The zero-order chi connectivity index (χ0) is 25.3. The summed E-state index contributed by atoms with van der Waals surface area (Å²) < 4.78 is 21.7. The van der Waals surface area contributed by atoms with Gasteiger partial charge in [-0.1, -0.05) is 33.6 Å². The second-order valence-electron chi connectivity index (χ2n) is 8.62. The summed E-state index contributed by atoms with van der Waals surface area (Å²) in [6, 6.07) is -0.245. The number of alkyl carbamates (subject to hydrolysis) is 1. The number of carboxylic acid groups (broad SMARTS) is 1.